The van der Waals surface area contributed by atoms with E-state index in [0.717, 1.165) is 5.52 Å². The summed E-state index contributed by atoms with van der Waals surface area (Å²) in [4.78, 5) is 23.7. The Hall–Kier alpha value is -2.70. The van der Waals surface area contributed by atoms with Crippen molar-refractivity contribution in [2.75, 3.05) is 7.11 Å². The minimum absolute atomic E-state index is 0.154. The van der Waals surface area contributed by atoms with Crippen molar-refractivity contribution < 1.29 is 9.53 Å². The van der Waals surface area contributed by atoms with E-state index in [0.29, 0.717) is 5.52 Å². The molecule has 7 nitrogen and oxygen atoms in total. The summed E-state index contributed by atoms with van der Waals surface area (Å²) in [7, 11) is 1.28. The van der Waals surface area contributed by atoms with Crippen molar-refractivity contribution in [3.8, 4) is 0 Å². The molecule has 3 rings (SSSR count). The van der Waals surface area contributed by atoms with E-state index in [2.05, 4.69) is 14.9 Å². The van der Waals surface area contributed by atoms with Crippen LogP contribution in [0.1, 0.15) is 0 Å². The lowest BCUT2D eigenvalue weighted by atomic mass is 10.3. The van der Waals surface area contributed by atoms with E-state index in [1.807, 2.05) is 12.1 Å². The third-order valence-corrected chi connectivity index (χ3v) is 2.93. The fourth-order valence-corrected chi connectivity index (χ4v) is 2.03. The van der Waals surface area contributed by atoms with Crippen LogP contribution in [-0.4, -0.2) is 32.2 Å². The van der Waals surface area contributed by atoms with Gasteiger partial charge in [-0.05, 0) is 12.1 Å². The molecular formula is C12H10N4O3. The van der Waals surface area contributed by atoms with E-state index in [-0.39, 0.29) is 17.8 Å². The number of aromatic nitrogens is 4. The number of para-hydroxylation sites is 2. The normalized spacial score (nSPS) is 11.0. The predicted molar refractivity (Wildman–Crippen MR) is 66.8 cm³/mol. The van der Waals surface area contributed by atoms with Crippen LogP contribution in [0.5, 0.6) is 0 Å². The van der Waals surface area contributed by atoms with Crippen LogP contribution in [0.2, 0.25) is 0 Å². The Morgan fingerprint density at radius 2 is 2.05 bits per heavy atom. The lowest BCUT2D eigenvalue weighted by Gasteiger charge is -2.09. The van der Waals surface area contributed by atoms with Gasteiger partial charge in [0.1, 0.15) is 12.9 Å². The van der Waals surface area contributed by atoms with Gasteiger partial charge >= 0.3 is 5.97 Å². The molecule has 2 heterocycles. The molecule has 0 bridgehead atoms. The lowest BCUT2D eigenvalue weighted by molar-refractivity contribution is -0.141. The van der Waals surface area contributed by atoms with Crippen LogP contribution in [0.25, 0.3) is 16.7 Å². The monoisotopic (exact) mass is 258 g/mol. The first kappa shape index (κ1) is 11.4. The Labute approximate surface area is 107 Å². The van der Waals surface area contributed by atoms with Crippen LogP contribution >= 0.6 is 0 Å². The number of hydrogen-bond acceptors (Lipinski definition) is 5. The van der Waals surface area contributed by atoms with Gasteiger partial charge in [-0.2, -0.15) is 0 Å². The molecule has 0 amide bonds. The largest absolute Gasteiger partial charge is 0.468 e. The fourth-order valence-electron chi connectivity index (χ4n) is 2.03. The average Bonchev–Trinajstić information content (AvgIpc) is 2.93. The molecule has 0 saturated heterocycles. The SMILES string of the molecule is COC(=O)Cn1c(=O)c2nncn2c2ccccc21. The van der Waals surface area contributed by atoms with Crippen LogP contribution in [0.4, 0.5) is 0 Å². The number of rotatable bonds is 2. The standard InChI is InChI=1S/C12H10N4O3/c1-19-10(17)6-15-8-4-2-3-5-9(8)16-7-13-14-11(16)12(15)18/h2-5,7H,6H2,1H3. The molecule has 0 N–H and O–H groups in total. The van der Waals surface area contributed by atoms with Gasteiger partial charge in [0.2, 0.25) is 5.65 Å². The summed E-state index contributed by atoms with van der Waals surface area (Å²) in [6, 6.07) is 7.23. The highest BCUT2D eigenvalue weighted by molar-refractivity contribution is 5.80. The van der Waals surface area contributed by atoms with Gasteiger partial charge < -0.3 is 4.74 Å². The van der Waals surface area contributed by atoms with Crippen molar-refractivity contribution in [1.29, 1.82) is 0 Å². The van der Waals surface area contributed by atoms with E-state index in [9.17, 15) is 9.59 Å². The molecule has 0 aliphatic carbocycles. The number of carbonyl (C=O) groups excluding carboxylic acids is 1. The Kier molecular flexibility index (Phi) is 2.52. The van der Waals surface area contributed by atoms with Gasteiger partial charge in [-0.25, -0.2) is 0 Å². The smallest absolute Gasteiger partial charge is 0.325 e. The van der Waals surface area contributed by atoms with Crippen molar-refractivity contribution in [3.63, 3.8) is 0 Å². The number of hydrogen-bond donors (Lipinski definition) is 0. The number of fused-ring (bicyclic) bond motifs is 3. The highest BCUT2D eigenvalue weighted by Gasteiger charge is 2.14. The number of ether oxygens (including phenoxy) is 1. The maximum Gasteiger partial charge on any atom is 0.325 e. The van der Waals surface area contributed by atoms with Crippen LogP contribution in [0, 0.1) is 0 Å². The minimum atomic E-state index is -0.490. The molecule has 0 saturated carbocycles. The van der Waals surface area contributed by atoms with Crippen molar-refractivity contribution >= 4 is 22.6 Å². The summed E-state index contributed by atoms with van der Waals surface area (Å²) in [6.45, 7) is -0.154. The predicted octanol–water partition coefficient (Wildman–Crippen LogP) is 0.217. The lowest BCUT2D eigenvalue weighted by Crippen LogP contribution is -2.27. The molecule has 2 aromatic heterocycles. The van der Waals surface area contributed by atoms with Crippen molar-refractivity contribution in [3.05, 3.63) is 40.9 Å². The van der Waals surface area contributed by atoms with Crippen molar-refractivity contribution in [2.45, 2.75) is 6.54 Å². The molecule has 19 heavy (non-hydrogen) atoms. The number of carbonyl (C=O) groups is 1. The van der Waals surface area contributed by atoms with Crippen molar-refractivity contribution in [1.82, 2.24) is 19.2 Å². The van der Waals surface area contributed by atoms with E-state index in [1.54, 1.807) is 16.5 Å². The van der Waals surface area contributed by atoms with Gasteiger partial charge in [0, 0.05) is 0 Å². The summed E-state index contributed by atoms with van der Waals surface area (Å²) >= 11 is 0. The molecule has 0 atom stereocenters. The zero-order valence-corrected chi connectivity index (χ0v) is 10.1. The minimum Gasteiger partial charge on any atom is -0.468 e. The second-order valence-electron chi connectivity index (χ2n) is 3.98. The number of nitrogens with zero attached hydrogens (tertiary/aromatic N) is 4. The van der Waals surface area contributed by atoms with Gasteiger partial charge in [0.05, 0.1) is 18.1 Å². The summed E-state index contributed by atoms with van der Waals surface area (Å²) in [5.41, 5.74) is 1.19. The Morgan fingerprint density at radius 1 is 1.32 bits per heavy atom. The molecule has 0 aliphatic heterocycles. The molecule has 0 fully saturated rings. The molecule has 0 aliphatic rings. The van der Waals surface area contributed by atoms with E-state index in [4.69, 9.17) is 0 Å². The number of methoxy groups -OCH3 is 1. The first-order valence-corrected chi connectivity index (χ1v) is 5.60. The van der Waals surface area contributed by atoms with E-state index < -0.39 is 5.97 Å². The van der Waals surface area contributed by atoms with Gasteiger partial charge in [0.25, 0.3) is 5.56 Å². The molecule has 0 unspecified atom stereocenters. The van der Waals surface area contributed by atoms with Gasteiger partial charge in [0.15, 0.2) is 0 Å². The van der Waals surface area contributed by atoms with Crippen LogP contribution in [-0.2, 0) is 16.1 Å². The average molecular weight is 258 g/mol. The molecule has 7 heteroatoms. The second-order valence-corrected chi connectivity index (χ2v) is 3.98. The molecular weight excluding hydrogens is 248 g/mol. The topological polar surface area (TPSA) is 78.5 Å². The zero-order chi connectivity index (χ0) is 13.4. The summed E-state index contributed by atoms with van der Waals surface area (Å²) < 4.78 is 7.55. The van der Waals surface area contributed by atoms with Gasteiger partial charge in [-0.1, -0.05) is 12.1 Å². The van der Waals surface area contributed by atoms with Crippen molar-refractivity contribution in [2.24, 2.45) is 0 Å². The third kappa shape index (κ3) is 1.67. The summed E-state index contributed by atoms with van der Waals surface area (Å²) in [5, 5.41) is 7.53. The van der Waals surface area contributed by atoms with Gasteiger partial charge in [-0.3, -0.25) is 18.6 Å². The Morgan fingerprint density at radius 3 is 2.79 bits per heavy atom. The molecule has 3 aromatic rings. The molecule has 1 aromatic carbocycles. The third-order valence-electron chi connectivity index (χ3n) is 2.93. The Balaban J connectivity index is 2.42. The van der Waals surface area contributed by atoms with Crippen LogP contribution in [0.15, 0.2) is 35.4 Å². The summed E-state index contributed by atoms with van der Waals surface area (Å²) in [6.07, 6.45) is 1.47. The Bertz CT molecular complexity index is 834. The number of esters is 1. The quantitative estimate of drug-likeness (QED) is 0.614. The number of benzene rings is 1. The summed E-state index contributed by atoms with van der Waals surface area (Å²) in [5.74, 6) is -0.490. The van der Waals surface area contributed by atoms with E-state index >= 15 is 0 Å². The molecule has 96 valence electrons. The maximum absolute atomic E-state index is 12.3. The highest BCUT2D eigenvalue weighted by Crippen LogP contribution is 2.12. The highest BCUT2D eigenvalue weighted by atomic mass is 16.5. The van der Waals surface area contributed by atoms with Crippen LogP contribution < -0.4 is 5.56 Å². The zero-order valence-electron chi connectivity index (χ0n) is 10.1. The van der Waals surface area contributed by atoms with Crippen LogP contribution in [0.3, 0.4) is 0 Å². The first-order chi connectivity index (χ1) is 9.22. The maximum atomic E-state index is 12.3. The first-order valence-electron chi connectivity index (χ1n) is 5.60. The fraction of sp³-hybridized carbons (Fsp3) is 0.167. The van der Waals surface area contributed by atoms with E-state index in [1.165, 1.54) is 18.0 Å². The second kappa shape index (κ2) is 4.20. The van der Waals surface area contributed by atoms with Gasteiger partial charge in [-0.15, -0.1) is 10.2 Å². The molecule has 0 spiro atoms. The molecule has 0 radical (unpaired) electrons.